The molecule has 2 aromatic carbocycles. The molecule has 2 heterocycles. The number of hydrogen-bond donors (Lipinski definition) is 2. The van der Waals surface area contributed by atoms with Crippen LogP contribution in [-0.4, -0.2) is 35.4 Å². The summed E-state index contributed by atoms with van der Waals surface area (Å²) in [5, 5.41) is 10.1. The van der Waals surface area contributed by atoms with Gasteiger partial charge in [0.2, 0.25) is 11.8 Å². The molecule has 1 aliphatic carbocycles. The van der Waals surface area contributed by atoms with Gasteiger partial charge in [0.05, 0.1) is 30.8 Å². The number of ether oxygens (including phenoxy) is 3. The maximum atomic E-state index is 12.4. The molecular formula is C24H23N5O5. The molecule has 10 nitrogen and oxygen atoms in total. The van der Waals surface area contributed by atoms with E-state index in [9.17, 15) is 4.79 Å². The molecule has 34 heavy (non-hydrogen) atoms. The van der Waals surface area contributed by atoms with Crippen LogP contribution in [-0.2, 0) is 5.41 Å². The van der Waals surface area contributed by atoms with Crippen LogP contribution in [0.2, 0.25) is 0 Å². The lowest BCUT2D eigenvalue weighted by molar-refractivity contribution is 0.261. The molecule has 0 atom stereocenters. The number of carbonyl (C=O) groups excluding carboxylic acids is 1. The van der Waals surface area contributed by atoms with Crippen molar-refractivity contribution in [2.45, 2.75) is 25.2 Å². The minimum absolute atomic E-state index is 0.0614. The summed E-state index contributed by atoms with van der Waals surface area (Å²) in [6, 6.07) is 11.8. The topological polar surface area (TPSA) is 121 Å². The predicted octanol–water partition coefficient (Wildman–Crippen LogP) is 5.12. The summed E-state index contributed by atoms with van der Waals surface area (Å²) in [5.41, 5.74) is 2.08. The van der Waals surface area contributed by atoms with Gasteiger partial charge < -0.3 is 24.1 Å². The van der Waals surface area contributed by atoms with Gasteiger partial charge in [-0.1, -0.05) is 18.1 Å². The zero-order valence-electron chi connectivity index (χ0n) is 18.9. The number of benzene rings is 2. The number of nitrogens with one attached hydrogen (secondary N) is 2. The Balaban J connectivity index is 1.31. The van der Waals surface area contributed by atoms with Gasteiger partial charge in [-0.2, -0.15) is 0 Å². The molecule has 5 rings (SSSR count). The predicted molar refractivity (Wildman–Crippen MR) is 125 cm³/mol. The maximum absolute atomic E-state index is 12.4. The minimum Gasteiger partial charge on any atom is -0.493 e. The van der Waals surface area contributed by atoms with Crippen LogP contribution in [0.4, 0.5) is 16.4 Å². The second-order valence-corrected chi connectivity index (χ2v) is 8.25. The van der Waals surface area contributed by atoms with Gasteiger partial charge in [-0.25, -0.2) is 14.8 Å². The molecule has 0 bridgehead atoms. The summed E-state index contributed by atoms with van der Waals surface area (Å²) in [7, 11) is 3.12. The molecule has 2 aromatic heterocycles. The third-order valence-electron chi connectivity index (χ3n) is 5.78. The van der Waals surface area contributed by atoms with Gasteiger partial charge in [0.1, 0.15) is 12.1 Å². The lowest BCUT2D eigenvalue weighted by Gasteiger charge is -2.12. The fraction of sp³-hybridized carbons (Fsp3) is 0.250. The van der Waals surface area contributed by atoms with Crippen LogP contribution in [0.15, 0.2) is 53.3 Å². The van der Waals surface area contributed by atoms with E-state index in [0.717, 1.165) is 18.5 Å². The molecule has 1 fully saturated rings. The van der Waals surface area contributed by atoms with Crippen molar-refractivity contribution in [1.29, 1.82) is 0 Å². The van der Waals surface area contributed by atoms with E-state index in [1.807, 2.05) is 0 Å². The molecule has 0 saturated heterocycles. The van der Waals surface area contributed by atoms with Crippen molar-refractivity contribution >= 4 is 28.5 Å². The highest BCUT2D eigenvalue weighted by Crippen LogP contribution is 2.47. The number of anilines is 2. The fourth-order valence-corrected chi connectivity index (χ4v) is 3.53. The Kier molecular flexibility index (Phi) is 5.40. The molecule has 0 radical (unpaired) electrons. The van der Waals surface area contributed by atoms with Crippen molar-refractivity contribution in [3.05, 3.63) is 54.5 Å². The molecule has 10 heteroatoms. The standard InChI is InChI=1S/C24H23N5O5/c1-24(7-8-24)20-12-21(34-29-20)28-23(30)27-14-5-4-6-15(9-14)33-22-16-10-18(31-2)19(32-3)11-17(16)25-13-26-22/h4-6,9-13H,7-8H2,1-3H3,(H2,27,28,30). The highest BCUT2D eigenvalue weighted by Gasteiger charge is 2.42. The minimum atomic E-state index is -0.454. The van der Waals surface area contributed by atoms with Gasteiger partial charge in [-0.15, -0.1) is 0 Å². The van der Waals surface area contributed by atoms with E-state index >= 15 is 0 Å². The number of aromatic nitrogens is 3. The first-order valence-corrected chi connectivity index (χ1v) is 10.7. The van der Waals surface area contributed by atoms with Crippen molar-refractivity contribution in [3.8, 4) is 23.1 Å². The van der Waals surface area contributed by atoms with E-state index in [2.05, 4.69) is 32.7 Å². The van der Waals surface area contributed by atoms with Crippen molar-refractivity contribution in [3.63, 3.8) is 0 Å². The van der Waals surface area contributed by atoms with Crippen LogP contribution >= 0.6 is 0 Å². The van der Waals surface area contributed by atoms with E-state index < -0.39 is 6.03 Å². The first kappa shape index (κ1) is 21.5. The third-order valence-corrected chi connectivity index (χ3v) is 5.78. The SMILES string of the molecule is COc1cc2ncnc(Oc3cccc(NC(=O)Nc4cc(C5(C)CC5)no4)c3)c2cc1OC. The summed E-state index contributed by atoms with van der Waals surface area (Å²) >= 11 is 0. The lowest BCUT2D eigenvalue weighted by Crippen LogP contribution is -2.19. The summed E-state index contributed by atoms with van der Waals surface area (Å²) < 4.78 is 22.0. The normalized spacial score (nSPS) is 13.9. The molecule has 2 amide bonds. The molecule has 0 aliphatic heterocycles. The quantitative estimate of drug-likeness (QED) is 0.389. The average molecular weight is 461 g/mol. The van der Waals surface area contributed by atoms with Crippen molar-refractivity contribution < 1.29 is 23.5 Å². The number of carbonyl (C=O) groups is 1. The molecule has 0 unspecified atom stereocenters. The number of amides is 2. The second-order valence-electron chi connectivity index (χ2n) is 8.25. The molecule has 2 N–H and O–H groups in total. The van der Waals surface area contributed by atoms with Crippen LogP contribution in [0.25, 0.3) is 10.9 Å². The van der Waals surface area contributed by atoms with Gasteiger partial charge >= 0.3 is 6.03 Å². The Bertz CT molecular complexity index is 1370. The van der Waals surface area contributed by atoms with Crippen LogP contribution in [0.5, 0.6) is 23.1 Å². The smallest absolute Gasteiger partial charge is 0.326 e. The molecular weight excluding hydrogens is 438 g/mol. The van der Waals surface area contributed by atoms with E-state index in [-0.39, 0.29) is 5.41 Å². The van der Waals surface area contributed by atoms with Gasteiger partial charge in [0, 0.05) is 29.3 Å². The summed E-state index contributed by atoms with van der Waals surface area (Å²) in [5.74, 6) is 2.21. The van der Waals surface area contributed by atoms with Crippen LogP contribution in [0.1, 0.15) is 25.5 Å². The Morgan fingerprint density at radius 1 is 1.03 bits per heavy atom. The molecule has 1 saturated carbocycles. The number of fused-ring (bicyclic) bond motifs is 1. The van der Waals surface area contributed by atoms with Crippen molar-refractivity contribution in [2.24, 2.45) is 0 Å². The fourth-order valence-electron chi connectivity index (χ4n) is 3.53. The highest BCUT2D eigenvalue weighted by atomic mass is 16.5. The summed E-state index contributed by atoms with van der Waals surface area (Å²) in [6.45, 7) is 2.12. The van der Waals surface area contributed by atoms with Crippen LogP contribution in [0, 0.1) is 0 Å². The van der Waals surface area contributed by atoms with Gasteiger partial charge in [-0.05, 0) is 31.0 Å². The third kappa shape index (κ3) is 4.29. The summed E-state index contributed by atoms with van der Waals surface area (Å²) in [4.78, 5) is 21.0. The van der Waals surface area contributed by atoms with E-state index in [1.165, 1.54) is 6.33 Å². The lowest BCUT2D eigenvalue weighted by atomic mass is 10.1. The molecule has 174 valence electrons. The Morgan fingerprint density at radius 3 is 2.59 bits per heavy atom. The van der Waals surface area contributed by atoms with E-state index in [0.29, 0.717) is 45.6 Å². The first-order chi connectivity index (χ1) is 16.5. The van der Waals surface area contributed by atoms with Crippen molar-refractivity contribution in [2.75, 3.05) is 24.9 Å². The second kappa shape index (κ2) is 8.54. The highest BCUT2D eigenvalue weighted by molar-refractivity contribution is 5.99. The van der Waals surface area contributed by atoms with Crippen LogP contribution < -0.4 is 24.8 Å². The zero-order chi connectivity index (χ0) is 23.7. The number of methoxy groups -OCH3 is 2. The number of nitrogens with zero attached hydrogens (tertiary/aromatic N) is 3. The number of hydrogen-bond acceptors (Lipinski definition) is 8. The largest absolute Gasteiger partial charge is 0.493 e. The maximum Gasteiger partial charge on any atom is 0.326 e. The Morgan fingerprint density at radius 2 is 1.82 bits per heavy atom. The number of rotatable bonds is 7. The Labute approximate surface area is 195 Å². The Hall–Kier alpha value is -4.34. The molecule has 4 aromatic rings. The average Bonchev–Trinajstić information content (AvgIpc) is 3.41. The molecule has 1 aliphatic rings. The van der Waals surface area contributed by atoms with Gasteiger partial charge in [0.15, 0.2) is 11.5 Å². The van der Waals surface area contributed by atoms with Crippen LogP contribution in [0.3, 0.4) is 0 Å². The van der Waals surface area contributed by atoms with Gasteiger partial charge in [-0.3, -0.25) is 5.32 Å². The van der Waals surface area contributed by atoms with Gasteiger partial charge in [0.25, 0.3) is 0 Å². The first-order valence-electron chi connectivity index (χ1n) is 10.7. The van der Waals surface area contributed by atoms with E-state index in [1.54, 1.807) is 56.7 Å². The van der Waals surface area contributed by atoms with Crippen molar-refractivity contribution in [1.82, 2.24) is 15.1 Å². The zero-order valence-corrected chi connectivity index (χ0v) is 18.9. The molecule has 0 spiro atoms. The van der Waals surface area contributed by atoms with E-state index in [4.69, 9.17) is 18.7 Å². The number of urea groups is 1. The monoisotopic (exact) mass is 461 g/mol. The summed E-state index contributed by atoms with van der Waals surface area (Å²) in [6.07, 6.45) is 3.55.